The molecule has 2 rings (SSSR count). The van der Waals surface area contributed by atoms with Crippen molar-refractivity contribution in [2.24, 2.45) is 5.92 Å². The van der Waals surface area contributed by atoms with E-state index in [0.29, 0.717) is 35.1 Å². The molecule has 0 unspecified atom stereocenters. The Balaban J connectivity index is 1.90. The van der Waals surface area contributed by atoms with Gasteiger partial charge in [-0.2, -0.15) is 0 Å². The van der Waals surface area contributed by atoms with Gasteiger partial charge in [0.1, 0.15) is 5.75 Å². The fourth-order valence-corrected chi connectivity index (χ4v) is 2.26. The first-order valence-corrected chi connectivity index (χ1v) is 9.12. The number of nitrogens with one attached hydrogen (secondary N) is 1. The maximum absolute atomic E-state index is 12.2. The van der Waals surface area contributed by atoms with Gasteiger partial charge in [-0.1, -0.05) is 13.8 Å². The third kappa shape index (κ3) is 6.23. The number of ether oxygens (including phenoxy) is 2. The van der Waals surface area contributed by atoms with Gasteiger partial charge in [-0.15, -0.1) is 0 Å². The van der Waals surface area contributed by atoms with Crippen LogP contribution >= 0.6 is 0 Å². The SMILES string of the molecule is CC(=O)c1ccc(NC(=O)[C@H](C)OC(=O)c2ccc(OCC(C)C)cc2)cc1. The highest BCUT2D eigenvalue weighted by Crippen LogP contribution is 2.15. The van der Waals surface area contributed by atoms with Crippen LogP contribution in [0.15, 0.2) is 48.5 Å². The van der Waals surface area contributed by atoms with Gasteiger partial charge in [0.2, 0.25) is 0 Å². The summed E-state index contributed by atoms with van der Waals surface area (Å²) in [5.41, 5.74) is 1.41. The van der Waals surface area contributed by atoms with Gasteiger partial charge in [-0.3, -0.25) is 9.59 Å². The number of rotatable bonds is 8. The van der Waals surface area contributed by atoms with Gasteiger partial charge in [0, 0.05) is 11.3 Å². The second-order valence-corrected chi connectivity index (χ2v) is 6.90. The molecule has 6 heteroatoms. The predicted molar refractivity (Wildman–Crippen MR) is 107 cm³/mol. The fourth-order valence-electron chi connectivity index (χ4n) is 2.26. The van der Waals surface area contributed by atoms with Crippen molar-refractivity contribution in [3.8, 4) is 5.75 Å². The standard InChI is InChI=1S/C22H25NO5/c1-14(2)13-27-20-11-7-18(8-12-20)22(26)28-16(4)21(25)23-19-9-5-17(6-10-19)15(3)24/h5-12,14,16H,13H2,1-4H3,(H,23,25)/t16-/m0/s1. The van der Waals surface area contributed by atoms with Crippen molar-refractivity contribution in [3.63, 3.8) is 0 Å². The number of Topliss-reactive ketones (excluding diaryl/α,β-unsaturated/α-hetero) is 1. The maximum Gasteiger partial charge on any atom is 0.338 e. The van der Waals surface area contributed by atoms with E-state index in [-0.39, 0.29) is 5.78 Å². The molecule has 0 aliphatic carbocycles. The molecule has 0 radical (unpaired) electrons. The molecule has 1 atom stereocenters. The van der Waals surface area contributed by atoms with E-state index in [4.69, 9.17) is 9.47 Å². The number of esters is 1. The van der Waals surface area contributed by atoms with E-state index in [1.54, 1.807) is 48.5 Å². The summed E-state index contributed by atoms with van der Waals surface area (Å²) in [6, 6.07) is 13.1. The largest absolute Gasteiger partial charge is 0.493 e. The quantitative estimate of drug-likeness (QED) is 0.548. The van der Waals surface area contributed by atoms with E-state index in [9.17, 15) is 14.4 Å². The van der Waals surface area contributed by atoms with Gasteiger partial charge in [-0.05, 0) is 68.3 Å². The van der Waals surface area contributed by atoms with Crippen LogP contribution in [0.1, 0.15) is 48.4 Å². The molecule has 0 fully saturated rings. The zero-order valence-corrected chi connectivity index (χ0v) is 16.5. The molecular weight excluding hydrogens is 358 g/mol. The molecule has 0 spiro atoms. The number of hydrogen-bond donors (Lipinski definition) is 1. The molecule has 148 valence electrons. The summed E-state index contributed by atoms with van der Waals surface area (Å²) in [6.45, 7) is 7.66. The van der Waals surface area contributed by atoms with Crippen LogP contribution in [0.4, 0.5) is 5.69 Å². The van der Waals surface area contributed by atoms with Crippen molar-refractivity contribution < 1.29 is 23.9 Å². The zero-order chi connectivity index (χ0) is 20.7. The molecule has 1 amide bonds. The molecule has 0 aliphatic rings. The van der Waals surface area contributed by atoms with Crippen LogP contribution in [0.5, 0.6) is 5.75 Å². The predicted octanol–water partition coefficient (Wildman–Crippen LogP) is 4.11. The number of benzene rings is 2. The average molecular weight is 383 g/mol. The second kappa shape index (κ2) is 9.69. The van der Waals surface area contributed by atoms with Crippen LogP contribution < -0.4 is 10.1 Å². The Kier molecular flexibility index (Phi) is 7.32. The molecule has 28 heavy (non-hydrogen) atoms. The zero-order valence-electron chi connectivity index (χ0n) is 16.5. The molecule has 0 saturated carbocycles. The third-order valence-electron chi connectivity index (χ3n) is 3.89. The average Bonchev–Trinajstić information content (AvgIpc) is 2.67. The summed E-state index contributed by atoms with van der Waals surface area (Å²) in [5.74, 6) is -0.0284. The Labute approximate surface area is 164 Å². The molecule has 0 heterocycles. The molecule has 0 bridgehead atoms. The highest BCUT2D eigenvalue weighted by molar-refractivity contribution is 5.98. The van der Waals surface area contributed by atoms with Gasteiger partial charge in [0.25, 0.3) is 5.91 Å². The summed E-state index contributed by atoms with van der Waals surface area (Å²) in [6.07, 6.45) is -0.975. The maximum atomic E-state index is 12.2. The molecule has 2 aromatic rings. The Morgan fingerprint density at radius 2 is 1.46 bits per heavy atom. The van der Waals surface area contributed by atoms with Crippen LogP contribution in [-0.2, 0) is 9.53 Å². The minimum absolute atomic E-state index is 0.0548. The summed E-state index contributed by atoms with van der Waals surface area (Å²) in [5, 5.41) is 2.65. The minimum atomic E-state index is -0.975. The van der Waals surface area contributed by atoms with Crippen LogP contribution in [0, 0.1) is 5.92 Å². The van der Waals surface area contributed by atoms with Crippen LogP contribution in [-0.4, -0.2) is 30.4 Å². The molecule has 2 aromatic carbocycles. The van der Waals surface area contributed by atoms with E-state index >= 15 is 0 Å². The lowest BCUT2D eigenvalue weighted by Gasteiger charge is -2.14. The van der Waals surface area contributed by atoms with Gasteiger partial charge in [0.15, 0.2) is 11.9 Å². The van der Waals surface area contributed by atoms with E-state index < -0.39 is 18.0 Å². The van der Waals surface area contributed by atoms with Gasteiger partial charge in [-0.25, -0.2) is 4.79 Å². The summed E-state index contributed by atoms with van der Waals surface area (Å²) in [7, 11) is 0. The molecular formula is C22H25NO5. The van der Waals surface area contributed by atoms with Crippen LogP contribution in [0.25, 0.3) is 0 Å². The Morgan fingerprint density at radius 3 is 2.00 bits per heavy atom. The molecule has 0 aromatic heterocycles. The monoisotopic (exact) mass is 383 g/mol. The van der Waals surface area contributed by atoms with Crippen molar-refractivity contribution in [3.05, 3.63) is 59.7 Å². The number of amides is 1. The van der Waals surface area contributed by atoms with Crippen molar-refractivity contribution in [1.29, 1.82) is 0 Å². The van der Waals surface area contributed by atoms with Crippen molar-refractivity contribution in [2.75, 3.05) is 11.9 Å². The number of anilines is 1. The van der Waals surface area contributed by atoms with Gasteiger partial charge >= 0.3 is 5.97 Å². The summed E-state index contributed by atoms with van der Waals surface area (Å²) >= 11 is 0. The van der Waals surface area contributed by atoms with Crippen LogP contribution in [0.2, 0.25) is 0 Å². The van der Waals surface area contributed by atoms with E-state index in [1.165, 1.54) is 13.8 Å². The lowest BCUT2D eigenvalue weighted by Crippen LogP contribution is -2.30. The van der Waals surface area contributed by atoms with Crippen molar-refractivity contribution in [1.82, 2.24) is 0 Å². The third-order valence-corrected chi connectivity index (χ3v) is 3.89. The second-order valence-electron chi connectivity index (χ2n) is 6.90. The smallest absolute Gasteiger partial charge is 0.338 e. The topological polar surface area (TPSA) is 81.7 Å². The first-order chi connectivity index (χ1) is 13.3. The number of hydrogen-bond acceptors (Lipinski definition) is 5. The Morgan fingerprint density at radius 1 is 0.893 bits per heavy atom. The lowest BCUT2D eigenvalue weighted by atomic mass is 10.1. The number of carbonyl (C=O) groups excluding carboxylic acids is 3. The fraction of sp³-hybridized carbons (Fsp3) is 0.318. The summed E-state index contributed by atoms with van der Waals surface area (Å²) < 4.78 is 10.8. The normalized spacial score (nSPS) is 11.6. The highest BCUT2D eigenvalue weighted by atomic mass is 16.5. The summed E-state index contributed by atoms with van der Waals surface area (Å²) in [4.78, 5) is 35.7. The minimum Gasteiger partial charge on any atom is -0.493 e. The first kappa shape index (κ1) is 21.2. The van der Waals surface area contributed by atoms with Crippen molar-refractivity contribution >= 4 is 23.3 Å². The Bertz CT molecular complexity index is 825. The molecule has 0 aliphatic heterocycles. The van der Waals surface area contributed by atoms with Gasteiger partial charge < -0.3 is 14.8 Å². The van der Waals surface area contributed by atoms with E-state index in [2.05, 4.69) is 19.2 Å². The van der Waals surface area contributed by atoms with Crippen LogP contribution in [0.3, 0.4) is 0 Å². The molecule has 6 nitrogen and oxygen atoms in total. The molecule has 0 saturated heterocycles. The van der Waals surface area contributed by atoms with Crippen molar-refractivity contribution in [2.45, 2.75) is 33.8 Å². The van der Waals surface area contributed by atoms with E-state index in [0.717, 1.165) is 0 Å². The number of ketones is 1. The number of carbonyl (C=O) groups is 3. The molecule has 1 N–H and O–H groups in total. The van der Waals surface area contributed by atoms with E-state index in [1.807, 2.05) is 0 Å². The van der Waals surface area contributed by atoms with Gasteiger partial charge in [0.05, 0.1) is 12.2 Å². The Hall–Kier alpha value is -3.15. The lowest BCUT2D eigenvalue weighted by molar-refractivity contribution is -0.123. The first-order valence-electron chi connectivity index (χ1n) is 9.12. The highest BCUT2D eigenvalue weighted by Gasteiger charge is 2.19.